The lowest BCUT2D eigenvalue weighted by Crippen LogP contribution is -2.53. The summed E-state index contributed by atoms with van der Waals surface area (Å²) in [7, 11) is -8.10. The zero-order valence-corrected chi connectivity index (χ0v) is 28.2. The van der Waals surface area contributed by atoms with Crippen LogP contribution in [0.15, 0.2) is 60.7 Å². The Labute approximate surface area is 267 Å². The number of hydrogen-bond donors (Lipinski definition) is 4. The van der Waals surface area contributed by atoms with E-state index in [1.807, 2.05) is 60.7 Å². The molecule has 0 aliphatic heterocycles. The molecule has 252 valence electrons. The van der Waals surface area contributed by atoms with Crippen LogP contribution in [0.25, 0.3) is 0 Å². The van der Waals surface area contributed by atoms with Gasteiger partial charge < -0.3 is 22.1 Å². The van der Waals surface area contributed by atoms with Crippen LogP contribution < -0.4 is 22.1 Å². The number of benzene rings is 2. The summed E-state index contributed by atoms with van der Waals surface area (Å²) in [5.41, 5.74) is 12.2. The van der Waals surface area contributed by atoms with Crippen molar-refractivity contribution in [3.05, 3.63) is 71.8 Å². The van der Waals surface area contributed by atoms with Gasteiger partial charge in [0.25, 0.3) is 20.2 Å². The van der Waals surface area contributed by atoms with Crippen LogP contribution in [-0.2, 0) is 51.0 Å². The largest absolute Gasteiger partial charge is 0.355 e. The number of hydrogen-bond acceptors (Lipinski definition) is 10. The molecule has 0 aliphatic rings. The molecule has 0 aliphatic carbocycles. The monoisotopic (exact) mass is 668 g/mol. The number of rotatable bonds is 20. The normalized spacial score (nSPS) is 14.0. The summed E-state index contributed by atoms with van der Waals surface area (Å²) in [5, 5.41) is 5.47. The number of amides is 2. The Balaban J connectivity index is 1.69. The highest BCUT2D eigenvalue weighted by atomic mass is 32.2. The zero-order chi connectivity index (χ0) is 33.7. The number of nitrogens with two attached hydrogens (primary N) is 2. The summed E-state index contributed by atoms with van der Waals surface area (Å²) in [6.45, 7) is 6.57. The van der Waals surface area contributed by atoms with E-state index in [0.717, 1.165) is 11.1 Å². The van der Waals surface area contributed by atoms with Crippen LogP contribution in [-0.4, -0.2) is 77.5 Å². The summed E-state index contributed by atoms with van der Waals surface area (Å²) >= 11 is 0. The Morgan fingerprint density at radius 1 is 0.733 bits per heavy atom. The van der Waals surface area contributed by atoms with Crippen LogP contribution >= 0.6 is 0 Å². The fraction of sp³-hybridized carbons (Fsp3) is 0.548. The van der Waals surface area contributed by atoms with Crippen molar-refractivity contribution in [1.29, 1.82) is 0 Å². The van der Waals surface area contributed by atoms with Gasteiger partial charge in [-0.05, 0) is 56.1 Å². The quantitative estimate of drug-likeness (QED) is 0.151. The first-order valence-electron chi connectivity index (χ1n) is 14.8. The van der Waals surface area contributed by atoms with Crippen molar-refractivity contribution in [1.82, 2.24) is 10.6 Å². The Bertz CT molecular complexity index is 1430. The van der Waals surface area contributed by atoms with Gasteiger partial charge in [0, 0.05) is 6.54 Å². The van der Waals surface area contributed by atoms with Gasteiger partial charge in [-0.2, -0.15) is 16.8 Å². The predicted octanol–water partition coefficient (Wildman–Crippen LogP) is 1.64. The van der Waals surface area contributed by atoms with Gasteiger partial charge in [0.15, 0.2) is 0 Å². The van der Waals surface area contributed by atoms with Gasteiger partial charge in [0.2, 0.25) is 11.8 Å². The Morgan fingerprint density at radius 3 is 1.67 bits per heavy atom. The maximum Gasteiger partial charge on any atom is 0.267 e. The number of nitrogens with one attached hydrogen (secondary N) is 2. The molecule has 0 bridgehead atoms. The molecule has 0 aromatic heterocycles. The van der Waals surface area contributed by atoms with Crippen LogP contribution in [0.3, 0.4) is 0 Å². The molecule has 14 heteroatoms. The van der Waals surface area contributed by atoms with Crippen molar-refractivity contribution in [2.45, 2.75) is 71.0 Å². The third-order valence-electron chi connectivity index (χ3n) is 6.85. The minimum absolute atomic E-state index is 0.148. The Morgan fingerprint density at radius 2 is 1.18 bits per heavy atom. The summed E-state index contributed by atoms with van der Waals surface area (Å²) in [6.07, 6.45) is 0.902. The average molecular weight is 669 g/mol. The third kappa shape index (κ3) is 15.8. The van der Waals surface area contributed by atoms with Gasteiger partial charge >= 0.3 is 0 Å². The smallest absolute Gasteiger partial charge is 0.267 e. The van der Waals surface area contributed by atoms with Crippen molar-refractivity contribution in [2.75, 3.05) is 31.3 Å². The molecular weight excluding hydrogens is 620 g/mol. The molecule has 0 radical (unpaired) electrons. The van der Waals surface area contributed by atoms with Crippen LogP contribution in [0.5, 0.6) is 0 Å². The van der Waals surface area contributed by atoms with Gasteiger partial charge in [-0.1, -0.05) is 74.5 Å². The van der Waals surface area contributed by atoms with Crippen molar-refractivity contribution < 1.29 is 34.8 Å². The van der Waals surface area contributed by atoms with E-state index in [-0.39, 0.29) is 32.1 Å². The minimum Gasteiger partial charge on any atom is -0.355 e. The molecule has 6 N–H and O–H groups in total. The molecule has 0 saturated carbocycles. The lowest BCUT2D eigenvalue weighted by atomic mass is 9.90. The number of carbonyl (C=O) groups is 2. The van der Waals surface area contributed by atoms with Crippen molar-refractivity contribution in [2.24, 2.45) is 16.9 Å². The highest BCUT2D eigenvalue weighted by molar-refractivity contribution is 7.87. The first kappa shape index (κ1) is 38.3. The van der Waals surface area contributed by atoms with Gasteiger partial charge in [0.1, 0.15) is 0 Å². The van der Waals surface area contributed by atoms with Crippen LogP contribution in [0, 0.1) is 5.41 Å². The summed E-state index contributed by atoms with van der Waals surface area (Å²) in [4.78, 5) is 24.9. The minimum atomic E-state index is -4.09. The molecule has 2 atom stereocenters. The molecule has 0 spiro atoms. The second-order valence-electron chi connectivity index (χ2n) is 12.6. The summed E-state index contributed by atoms with van der Waals surface area (Å²) < 4.78 is 60.0. The second kappa shape index (κ2) is 17.2. The standard InChI is InChI=1S/C31H48N4O8S2/c1-30(2,16-17-34-28(36)26(32)20-24-12-7-5-8-13-24)22-42-44(38,39)18-11-19-45(40,41)43-23-31(3,4)35-29(37)27(33)21-25-14-9-6-10-15-25/h5-10,12-15,26-27H,11,16-23,32-33H2,1-4H3,(H,34,36)(H,35,37)/t26-,27-/m0/s1. The van der Waals surface area contributed by atoms with E-state index in [1.165, 1.54) is 0 Å². The van der Waals surface area contributed by atoms with Crippen LogP contribution in [0.4, 0.5) is 0 Å². The SMILES string of the molecule is CC(C)(CCNC(=O)[C@@H](N)Cc1ccccc1)COS(=O)(=O)CCCS(=O)(=O)OCC(C)(C)NC(=O)[C@@H](N)Cc1ccccc1. The average Bonchev–Trinajstić information content (AvgIpc) is 2.96. The van der Waals surface area contributed by atoms with Gasteiger partial charge in [-0.15, -0.1) is 0 Å². The lowest BCUT2D eigenvalue weighted by Gasteiger charge is -2.27. The predicted molar refractivity (Wildman–Crippen MR) is 174 cm³/mol. The fourth-order valence-corrected chi connectivity index (χ4v) is 6.51. The molecule has 12 nitrogen and oxygen atoms in total. The fourth-order valence-electron chi connectivity index (χ4n) is 4.13. The van der Waals surface area contributed by atoms with Crippen molar-refractivity contribution in [3.63, 3.8) is 0 Å². The van der Waals surface area contributed by atoms with Gasteiger partial charge in [-0.25, -0.2) is 0 Å². The maximum atomic E-state index is 12.5. The lowest BCUT2D eigenvalue weighted by molar-refractivity contribution is -0.124. The third-order valence-corrected chi connectivity index (χ3v) is 9.38. The highest BCUT2D eigenvalue weighted by Crippen LogP contribution is 2.21. The maximum absolute atomic E-state index is 12.5. The molecule has 2 amide bonds. The Hall–Kier alpha value is -2.88. The van der Waals surface area contributed by atoms with E-state index in [9.17, 15) is 26.4 Å². The first-order chi connectivity index (χ1) is 20.9. The van der Waals surface area contributed by atoms with Crippen LogP contribution in [0.1, 0.15) is 51.7 Å². The van der Waals surface area contributed by atoms with E-state index >= 15 is 0 Å². The molecule has 2 rings (SSSR count). The van der Waals surface area contributed by atoms with Gasteiger partial charge in [0.05, 0.1) is 42.3 Å². The van der Waals surface area contributed by atoms with Crippen molar-refractivity contribution in [3.8, 4) is 0 Å². The Kier molecular flexibility index (Phi) is 14.6. The van der Waals surface area contributed by atoms with Crippen LogP contribution in [0.2, 0.25) is 0 Å². The van der Waals surface area contributed by atoms with E-state index in [1.54, 1.807) is 27.7 Å². The molecule has 0 saturated heterocycles. The van der Waals surface area contributed by atoms with Gasteiger partial charge in [-0.3, -0.25) is 18.0 Å². The molecule has 0 unspecified atom stereocenters. The molecule has 0 fully saturated rings. The molecule has 45 heavy (non-hydrogen) atoms. The van der Waals surface area contributed by atoms with E-state index in [4.69, 9.17) is 19.8 Å². The topological polar surface area (TPSA) is 197 Å². The van der Waals surface area contributed by atoms with E-state index in [0.29, 0.717) is 19.3 Å². The molecule has 0 heterocycles. The van der Waals surface area contributed by atoms with E-state index < -0.39 is 60.7 Å². The van der Waals surface area contributed by atoms with Crippen molar-refractivity contribution >= 4 is 32.1 Å². The molecular formula is C31H48N4O8S2. The molecule has 2 aromatic carbocycles. The zero-order valence-electron chi connectivity index (χ0n) is 26.5. The first-order valence-corrected chi connectivity index (χ1v) is 18.0. The van der Waals surface area contributed by atoms with E-state index in [2.05, 4.69) is 10.6 Å². The number of carbonyl (C=O) groups excluding carboxylic acids is 2. The second-order valence-corrected chi connectivity index (χ2v) is 16.1. The molecule has 2 aromatic rings. The summed E-state index contributed by atoms with van der Waals surface area (Å²) in [6, 6.07) is 17.1. The highest BCUT2D eigenvalue weighted by Gasteiger charge is 2.28. The summed E-state index contributed by atoms with van der Waals surface area (Å²) in [5.74, 6) is -1.83.